The zero-order valence-electron chi connectivity index (χ0n) is 10.9. The second-order valence-electron chi connectivity index (χ2n) is 4.97. The summed E-state index contributed by atoms with van der Waals surface area (Å²) in [6, 6.07) is 6.40. The molecule has 0 saturated heterocycles. The number of anilines is 1. The van der Waals surface area contributed by atoms with Crippen LogP contribution in [-0.4, -0.2) is 20.8 Å². The third-order valence-electron chi connectivity index (χ3n) is 3.61. The van der Waals surface area contributed by atoms with Crippen molar-refractivity contribution in [3.05, 3.63) is 35.9 Å². The van der Waals surface area contributed by atoms with E-state index in [-0.39, 0.29) is 0 Å². The van der Waals surface area contributed by atoms with E-state index in [0.717, 1.165) is 23.7 Å². The van der Waals surface area contributed by atoms with Gasteiger partial charge in [0.1, 0.15) is 18.3 Å². The van der Waals surface area contributed by atoms with E-state index in [2.05, 4.69) is 22.3 Å². The van der Waals surface area contributed by atoms with Gasteiger partial charge in [-0.3, -0.25) is 0 Å². The summed E-state index contributed by atoms with van der Waals surface area (Å²) in [4.78, 5) is 3.99. The molecule has 0 spiro atoms. The normalized spacial score (nSPS) is 16.3. The van der Waals surface area contributed by atoms with Crippen molar-refractivity contribution in [1.82, 2.24) is 14.8 Å². The lowest BCUT2D eigenvalue weighted by Gasteiger charge is -2.20. The average molecular weight is 277 g/mol. The van der Waals surface area contributed by atoms with Gasteiger partial charge in [0, 0.05) is 6.04 Å². The quantitative estimate of drug-likeness (QED) is 0.909. The highest BCUT2D eigenvalue weighted by atomic mass is 35.5. The van der Waals surface area contributed by atoms with E-state index < -0.39 is 0 Å². The second kappa shape index (κ2) is 5.21. The van der Waals surface area contributed by atoms with E-state index in [9.17, 15) is 0 Å². The van der Waals surface area contributed by atoms with Gasteiger partial charge in [0.05, 0.1) is 10.7 Å². The molecule has 1 unspecified atom stereocenters. The molecule has 4 nitrogen and oxygen atoms in total. The average Bonchev–Trinajstić information content (AvgIpc) is 3.12. The molecule has 19 heavy (non-hydrogen) atoms. The maximum absolute atomic E-state index is 6.31. The van der Waals surface area contributed by atoms with Crippen LogP contribution in [0.1, 0.15) is 26.2 Å². The van der Waals surface area contributed by atoms with Crippen LogP contribution in [-0.2, 0) is 0 Å². The highest BCUT2D eigenvalue weighted by Crippen LogP contribution is 2.37. The number of hydrogen-bond acceptors (Lipinski definition) is 3. The molecule has 1 aliphatic carbocycles. The van der Waals surface area contributed by atoms with Crippen LogP contribution in [0.25, 0.3) is 5.69 Å². The number of hydrogen-bond donors (Lipinski definition) is 1. The van der Waals surface area contributed by atoms with Gasteiger partial charge >= 0.3 is 0 Å². The molecular weight excluding hydrogens is 260 g/mol. The van der Waals surface area contributed by atoms with Crippen LogP contribution in [0.5, 0.6) is 0 Å². The Labute approximate surface area is 117 Å². The number of para-hydroxylation sites is 1. The van der Waals surface area contributed by atoms with E-state index in [0.29, 0.717) is 11.1 Å². The van der Waals surface area contributed by atoms with Gasteiger partial charge in [0.15, 0.2) is 0 Å². The summed E-state index contributed by atoms with van der Waals surface area (Å²) in [5, 5.41) is 8.48. The van der Waals surface area contributed by atoms with Crippen molar-refractivity contribution in [2.75, 3.05) is 5.32 Å². The Kier molecular flexibility index (Phi) is 3.42. The summed E-state index contributed by atoms with van der Waals surface area (Å²) in [5.41, 5.74) is 1.90. The first-order chi connectivity index (χ1) is 9.29. The predicted octanol–water partition coefficient (Wildman–Crippen LogP) is 3.52. The Balaban J connectivity index is 1.94. The minimum absolute atomic E-state index is 0.515. The number of benzene rings is 1. The molecule has 1 aromatic heterocycles. The van der Waals surface area contributed by atoms with Gasteiger partial charge in [-0.15, -0.1) is 0 Å². The molecule has 1 aliphatic rings. The molecule has 0 amide bonds. The number of nitrogens with zero attached hydrogens (tertiary/aromatic N) is 3. The fourth-order valence-electron chi connectivity index (χ4n) is 2.44. The maximum atomic E-state index is 6.31. The molecule has 1 fully saturated rings. The van der Waals surface area contributed by atoms with E-state index in [1.807, 2.05) is 18.2 Å². The highest BCUT2D eigenvalue weighted by Gasteiger charge is 2.30. The molecule has 3 rings (SSSR count). The van der Waals surface area contributed by atoms with Gasteiger partial charge in [-0.25, -0.2) is 9.67 Å². The lowest BCUT2D eigenvalue weighted by atomic mass is 10.1. The molecule has 1 atom stereocenters. The van der Waals surface area contributed by atoms with Crippen molar-refractivity contribution in [3.63, 3.8) is 0 Å². The third kappa shape index (κ3) is 2.59. The Bertz CT molecular complexity index is 549. The van der Waals surface area contributed by atoms with Crippen LogP contribution in [0.3, 0.4) is 0 Å². The van der Waals surface area contributed by atoms with Gasteiger partial charge in [0.2, 0.25) is 0 Å². The Hall–Kier alpha value is -1.55. The summed E-state index contributed by atoms with van der Waals surface area (Å²) in [6.45, 7) is 2.22. The van der Waals surface area contributed by atoms with Crippen molar-refractivity contribution in [2.45, 2.75) is 32.2 Å². The summed E-state index contributed by atoms with van der Waals surface area (Å²) in [7, 11) is 0. The lowest BCUT2D eigenvalue weighted by Crippen LogP contribution is -2.21. The van der Waals surface area contributed by atoms with Gasteiger partial charge in [0.25, 0.3) is 0 Å². The molecule has 1 heterocycles. The standard InChI is InChI=1S/C14H17ClN4/c1-2-12(10-6-7-10)18-13-5-3-4-11(15)14(13)19-9-16-8-17-19/h3-5,8-10,12,18H,2,6-7H2,1H3. The number of nitrogens with one attached hydrogen (secondary N) is 1. The van der Waals surface area contributed by atoms with Crippen molar-refractivity contribution in [3.8, 4) is 5.69 Å². The monoisotopic (exact) mass is 276 g/mol. The zero-order chi connectivity index (χ0) is 13.2. The molecule has 0 radical (unpaired) electrons. The van der Waals surface area contributed by atoms with E-state index in [1.165, 1.54) is 19.2 Å². The number of halogens is 1. The first kappa shape index (κ1) is 12.5. The third-order valence-corrected chi connectivity index (χ3v) is 3.91. The molecule has 1 saturated carbocycles. The SMILES string of the molecule is CCC(Nc1cccc(Cl)c1-n1cncn1)C1CC1. The zero-order valence-corrected chi connectivity index (χ0v) is 11.6. The Morgan fingerprint density at radius 3 is 2.95 bits per heavy atom. The minimum Gasteiger partial charge on any atom is -0.380 e. The number of rotatable bonds is 5. The fraction of sp³-hybridized carbons (Fsp3) is 0.429. The van der Waals surface area contributed by atoms with E-state index in [4.69, 9.17) is 11.6 Å². The Morgan fingerprint density at radius 2 is 2.32 bits per heavy atom. The Morgan fingerprint density at radius 1 is 1.47 bits per heavy atom. The molecule has 2 aromatic rings. The predicted molar refractivity (Wildman–Crippen MR) is 76.8 cm³/mol. The van der Waals surface area contributed by atoms with Crippen molar-refractivity contribution in [1.29, 1.82) is 0 Å². The van der Waals surface area contributed by atoms with Crippen LogP contribution in [0.4, 0.5) is 5.69 Å². The van der Waals surface area contributed by atoms with Gasteiger partial charge < -0.3 is 5.32 Å². The number of aromatic nitrogens is 3. The van der Waals surface area contributed by atoms with Crippen molar-refractivity contribution < 1.29 is 0 Å². The van der Waals surface area contributed by atoms with Gasteiger partial charge in [-0.2, -0.15) is 5.10 Å². The summed E-state index contributed by atoms with van der Waals surface area (Å²) in [6.07, 6.45) is 6.96. The summed E-state index contributed by atoms with van der Waals surface area (Å²) in [5.74, 6) is 0.799. The molecular formula is C14H17ClN4. The van der Waals surface area contributed by atoms with Crippen molar-refractivity contribution >= 4 is 17.3 Å². The van der Waals surface area contributed by atoms with Crippen LogP contribution in [0.2, 0.25) is 5.02 Å². The van der Waals surface area contributed by atoms with Gasteiger partial charge in [-0.05, 0) is 37.3 Å². The minimum atomic E-state index is 0.515. The molecule has 0 bridgehead atoms. The smallest absolute Gasteiger partial charge is 0.138 e. The fourth-order valence-corrected chi connectivity index (χ4v) is 2.70. The van der Waals surface area contributed by atoms with Crippen molar-refractivity contribution in [2.24, 2.45) is 5.92 Å². The molecule has 100 valence electrons. The highest BCUT2D eigenvalue weighted by molar-refractivity contribution is 6.33. The molecule has 1 N–H and O–H groups in total. The van der Waals surface area contributed by atoms with Crippen LogP contribution in [0, 0.1) is 5.92 Å². The van der Waals surface area contributed by atoms with Crippen LogP contribution in [0.15, 0.2) is 30.9 Å². The first-order valence-corrected chi connectivity index (χ1v) is 7.07. The van der Waals surface area contributed by atoms with E-state index >= 15 is 0 Å². The maximum Gasteiger partial charge on any atom is 0.138 e. The van der Waals surface area contributed by atoms with Gasteiger partial charge in [-0.1, -0.05) is 24.6 Å². The molecule has 5 heteroatoms. The van der Waals surface area contributed by atoms with Crippen LogP contribution >= 0.6 is 11.6 Å². The second-order valence-corrected chi connectivity index (χ2v) is 5.38. The first-order valence-electron chi connectivity index (χ1n) is 6.69. The largest absolute Gasteiger partial charge is 0.380 e. The van der Waals surface area contributed by atoms with E-state index in [1.54, 1.807) is 11.0 Å². The lowest BCUT2D eigenvalue weighted by molar-refractivity contribution is 0.615. The topological polar surface area (TPSA) is 42.7 Å². The van der Waals surface area contributed by atoms with Crippen LogP contribution < -0.4 is 5.32 Å². The summed E-state index contributed by atoms with van der Waals surface area (Å²) < 4.78 is 1.71. The summed E-state index contributed by atoms with van der Waals surface area (Å²) >= 11 is 6.31. The molecule has 0 aliphatic heterocycles. The molecule has 1 aromatic carbocycles.